The van der Waals surface area contributed by atoms with Gasteiger partial charge in [0.25, 0.3) is 0 Å². The van der Waals surface area contributed by atoms with Crippen LogP contribution in [0.25, 0.3) is 10.9 Å². The van der Waals surface area contributed by atoms with E-state index in [4.69, 9.17) is 16.3 Å². The van der Waals surface area contributed by atoms with Crippen molar-refractivity contribution in [1.29, 1.82) is 0 Å². The van der Waals surface area contributed by atoms with Crippen molar-refractivity contribution in [2.24, 2.45) is 0 Å². The molecule has 1 fully saturated rings. The van der Waals surface area contributed by atoms with E-state index >= 15 is 0 Å². The fourth-order valence-electron chi connectivity index (χ4n) is 3.83. The average Bonchev–Trinajstić information content (AvgIpc) is 3.16. The molecule has 3 aromatic rings. The van der Waals surface area contributed by atoms with Crippen molar-refractivity contribution in [1.82, 2.24) is 14.4 Å². The highest BCUT2D eigenvalue weighted by molar-refractivity contribution is 8.00. The second kappa shape index (κ2) is 10.3. The van der Waals surface area contributed by atoms with E-state index in [1.165, 1.54) is 5.56 Å². The number of rotatable bonds is 6. The SMILES string of the molecule is CCOC(=O)N1CCN(C(=O)CSc2cn(Cc3ccc(Cl)cc3)c3ccccc23)CC1. The fourth-order valence-corrected chi connectivity index (χ4v) is 4.95. The largest absolute Gasteiger partial charge is 0.450 e. The molecule has 2 amide bonds. The molecule has 0 radical (unpaired) electrons. The molecule has 168 valence electrons. The van der Waals surface area contributed by atoms with Gasteiger partial charge in [0.2, 0.25) is 5.91 Å². The van der Waals surface area contributed by atoms with Gasteiger partial charge < -0.3 is 19.1 Å². The highest BCUT2D eigenvalue weighted by Gasteiger charge is 2.25. The van der Waals surface area contributed by atoms with Gasteiger partial charge in [0.1, 0.15) is 0 Å². The van der Waals surface area contributed by atoms with E-state index in [2.05, 4.69) is 22.9 Å². The van der Waals surface area contributed by atoms with Crippen LogP contribution < -0.4 is 0 Å². The van der Waals surface area contributed by atoms with Crippen LogP contribution in [0.4, 0.5) is 4.79 Å². The van der Waals surface area contributed by atoms with E-state index in [9.17, 15) is 9.59 Å². The van der Waals surface area contributed by atoms with Gasteiger partial charge in [-0.05, 0) is 30.7 Å². The highest BCUT2D eigenvalue weighted by atomic mass is 35.5. The Bertz CT molecular complexity index is 1090. The molecule has 1 aliphatic rings. The number of halogens is 1. The minimum Gasteiger partial charge on any atom is -0.450 e. The number of benzene rings is 2. The van der Waals surface area contributed by atoms with Crippen LogP contribution in [0.3, 0.4) is 0 Å². The van der Waals surface area contributed by atoms with Gasteiger partial charge in [-0.15, -0.1) is 11.8 Å². The molecule has 0 aliphatic carbocycles. The Labute approximate surface area is 197 Å². The van der Waals surface area contributed by atoms with Crippen molar-refractivity contribution >= 4 is 46.3 Å². The molecular formula is C24H26ClN3O3S. The molecule has 1 aromatic heterocycles. The number of hydrogen-bond acceptors (Lipinski definition) is 4. The van der Waals surface area contributed by atoms with Crippen LogP contribution in [0.2, 0.25) is 5.02 Å². The maximum absolute atomic E-state index is 12.8. The van der Waals surface area contributed by atoms with Crippen molar-refractivity contribution in [3.63, 3.8) is 0 Å². The average molecular weight is 472 g/mol. The lowest BCUT2D eigenvalue weighted by Crippen LogP contribution is -2.51. The first-order valence-electron chi connectivity index (χ1n) is 10.7. The molecule has 2 heterocycles. The molecule has 8 heteroatoms. The van der Waals surface area contributed by atoms with Crippen LogP contribution >= 0.6 is 23.4 Å². The Balaban J connectivity index is 1.40. The van der Waals surface area contributed by atoms with Gasteiger partial charge in [-0.1, -0.05) is 41.9 Å². The van der Waals surface area contributed by atoms with E-state index in [1.807, 2.05) is 41.3 Å². The minimum atomic E-state index is -0.303. The predicted octanol–water partition coefficient (Wildman–Crippen LogP) is 4.74. The standard InChI is InChI=1S/C24H26ClN3O3S/c1-2-31-24(30)27-13-11-26(12-14-27)23(29)17-32-22-16-28(21-6-4-3-5-20(21)22)15-18-7-9-19(25)10-8-18/h3-10,16H,2,11-15,17H2,1H3. The second-order valence-electron chi connectivity index (χ2n) is 7.62. The zero-order chi connectivity index (χ0) is 22.5. The highest BCUT2D eigenvalue weighted by Crippen LogP contribution is 2.31. The third-order valence-corrected chi connectivity index (χ3v) is 6.81. The smallest absolute Gasteiger partial charge is 0.409 e. The fraction of sp³-hybridized carbons (Fsp3) is 0.333. The molecule has 2 aromatic carbocycles. The number of piperazine rings is 1. The monoisotopic (exact) mass is 471 g/mol. The molecule has 4 rings (SSSR count). The lowest BCUT2D eigenvalue weighted by Gasteiger charge is -2.34. The number of fused-ring (bicyclic) bond motifs is 1. The Kier molecular flexibility index (Phi) is 7.27. The maximum atomic E-state index is 12.8. The van der Waals surface area contributed by atoms with Crippen LogP contribution in [-0.2, 0) is 16.1 Å². The van der Waals surface area contributed by atoms with Crippen LogP contribution in [0.1, 0.15) is 12.5 Å². The summed E-state index contributed by atoms with van der Waals surface area (Å²) < 4.78 is 7.26. The van der Waals surface area contributed by atoms with Gasteiger partial charge in [0.05, 0.1) is 12.4 Å². The summed E-state index contributed by atoms with van der Waals surface area (Å²) in [7, 11) is 0. The summed E-state index contributed by atoms with van der Waals surface area (Å²) in [6, 6.07) is 16.1. The molecule has 0 N–H and O–H groups in total. The summed E-state index contributed by atoms with van der Waals surface area (Å²) in [6.07, 6.45) is 1.82. The van der Waals surface area contributed by atoms with Gasteiger partial charge in [0.15, 0.2) is 0 Å². The first-order valence-corrected chi connectivity index (χ1v) is 12.1. The normalized spacial score (nSPS) is 14.1. The number of carbonyl (C=O) groups is 2. The third-order valence-electron chi connectivity index (χ3n) is 5.53. The van der Waals surface area contributed by atoms with Crippen molar-refractivity contribution < 1.29 is 14.3 Å². The number of amides is 2. The van der Waals surface area contributed by atoms with Crippen LogP contribution in [0.5, 0.6) is 0 Å². The minimum absolute atomic E-state index is 0.0908. The maximum Gasteiger partial charge on any atom is 0.409 e. The molecular weight excluding hydrogens is 446 g/mol. The number of thioether (sulfide) groups is 1. The number of nitrogens with zero attached hydrogens (tertiary/aromatic N) is 3. The Hall–Kier alpha value is -2.64. The molecule has 6 nitrogen and oxygen atoms in total. The lowest BCUT2D eigenvalue weighted by molar-refractivity contribution is -0.129. The van der Waals surface area contributed by atoms with Crippen LogP contribution in [-0.4, -0.2) is 64.9 Å². The van der Waals surface area contributed by atoms with Gasteiger partial charge in [-0.3, -0.25) is 4.79 Å². The Morgan fingerprint density at radius 1 is 1.00 bits per heavy atom. The van der Waals surface area contributed by atoms with Gasteiger partial charge >= 0.3 is 6.09 Å². The number of para-hydroxylation sites is 1. The van der Waals surface area contributed by atoms with Crippen molar-refractivity contribution in [2.75, 3.05) is 38.5 Å². The number of ether oxygens (including phenoxy) is 1. The van der Waals surface area contributed by atoms with Gasteiger partial charge in [0, 0.05) is 59.7 Å². The number of hydrogen-bond donors (Lipinski definition) is 0. The molecule has 1 saturated heterocycles. The van der Waals surface area contributed by atoms with E-state index < -0.39 is 0 Å². The molecule has 32 heavy (non-hydrogen) atoms. The number of carbonyl (C=O) groups excluding carboxylic acids is 2. The summed E-state index contributed by atoms with van der Waals surface area (Å²) in [4.78, 5) is 29.2. The molecule has 1 aliphatic heterocycles. The van der Waals surface area contributed by atoms with Crippen LogP contribution in [0.15, 0.2) is 59.6 Å². The second-order valence-corrected chi connectivity index (χ2v) is 9.07. The molecule has 0 bridgehead atoms. The van der Waals surface area contributed by atoms with E-state index in [0.29, 0.717) is 38.5 Å². The molecule has 0 atom stereocenters. The number of aromatic nitrogens is 1. The first-order chi connectivity index (χ1) is 15.5. The summed E-state index contributed by atoms with van der Waals surface area (Å²) in [5.41, 5.74) is 2.31. The van der Waals surface area contributed by atoms with Crippen LogP contribution in [0, 0.1) is 0 Å². The first kappa shape index (κ1) is 22.6. The zero-order valence-electron chi connectivity index (χ0n) is 18.0. The third kappa shape index (κ3) is 5.22. The Morgan fingerprint density at radius 2 is 1.69 bits per heavy atom. The topological polar surface area (TPSA) is 54.8 Å². The summed E-state index contributed by atoms with van der Waals surface area (Å²) >= 11 is 7.58. The molecule has 0 spiro atoms. The zero-order valence-corrected chi connectivity index (χ0v) is 19.6. The van der Waals surface area contributed by atoms with Crippen molar-refractivity contribution in [2.45, 2.75) is 18.4 Å². The quantitative estimate of drug-likeness (QED) is 0.487. The summed E-state index contributed by atoms with van der Waals surface area (Å²) in [5.74, 6) is 0.460. The predicted molar refractivity (Wildman–Crippen MR) is 128 cm³/mol. The molecule has 0 saturated carbocycles. The van der Waals surface area contributed by atoms with Crippen molar-refractivity contribution in [3.05, 3.63) is 65.3 Å². The van der Waals surface area contributed by atoms with E-state index in [1.54, 1.807) is 23.6 Å². The molecule has 0 unspecified atom stereocenters. The van der Waals surface area contributed by atoms with Crippen molar-refractivity contribution in [3.8, 4) is 0 Å². The van der Waals surface area contributed by atoms with E-state index in [0.717, 1.165) is 27.4 Å². The lowest BCUT2D eigenvalue weighted by atomic mass is 10.2. The Morgan fingerprint density at radius 3 is 2.41 bits per heavy atom. The van der Waals surface area contributed by atoms with Gasteiger partial charge in [-0.2, -0.15) is 0 Å². The summed E-state index contributed by atoms with van der Waals surface area (Å²) in [6.45, 7) is 4.99. The van der Waals surface area contributed by atoms with Gasteiger partial charge in [-0.25, -0.2) is 4.79 Å². The van der Waals surface area contributed by atoms with E-state index in [-0.39, 0.29) is 12.0 Å². The summed E-state index contributed by atoms with van der Waals surface area (Å²) in [5, 5.41) is 1.87.